The van der Waals surface area contributed by atoms with Crippen LogP contribution < -0.4 is 0 Å². The normalized spacial score (nSPS) is 14.0. The SMILES string of the molecule is CC(C)c1ccc(-c2cnc(-c3ccc(C=O)cc3C3CC3)s2)cc1. The third-order valence-corrected chi connectivity index (χ3v) is 5.91. The molecule has 1 fully saturated rings. The quantitative estimate of drug-likeness (QED) is 0.508. The highest BCUT2D eigenvalue weighted by Gasteiger charge is 2.27. The fourth-order valence-corrected chi connectivity index (χ4v) is 4.11. The summed E-state index contributed by atoms with van der Waals surface area (Å²) in [5, 5.41) is 1.04. The monoisotopic (exact) mass is 347 g/mol. The van der Waals surface area contributed by atoms with Crippen LogP contribution in [0.25, 0.3) is 21.0 Å². The lowest BCUT2D eigenvalue weighted by molar-refractivity contribution is 0.112. The Hall–Kier alpha value is -2.26. The van der Waals surface area contributed by atoms with Crippen LogP contribution in [0.3, 0.4) is 0 Å². The molecule has 0 amide bonds. The summed E-state index contributed by atoms with van der Waals surface area (Å²) >= 11 is 1.73. The fraction of sp³-hybridized carbons (Fsp3) is 0.273. The van der Waals surface area contributed by atoms with E-state index in [4.69, 9.17) is 0 Å². The standard InChI is InChI=1S/C22H21NOS/c1-14(2)16-4-8-18(9-5-16)21-12-23-22(25-21)19-10-3-15(13-24)11-20(19)17-6-7-17/h3-5,8-14,17H,6-7H2,1-2H3. The molecule has 0 saturated heterocycles. The maximum Gasteiger partial charge on any atom is 0.150 e. The van der Waals surface area contributed by atoms with Gasteiger partial charge in [0.15, 0.2) is 0 Å². The van der Waals surface area contributed by atoms with Crippen LogP contribution >= 0.6 is 11.3 Å². The molecule has 1 heterocycles. The summed E-state index contributed by atoms with van der Waals surface area (Å²) in [6.07, 6.45) is 5.32. The Balaban J connectivity index is 1.68. The number of hydrogen-bond donors (Lipinski definition) is 0. The maximum atomic E-state index is 11.1. The molecule has 1 aliphatic rings. The first-order chi connectivity index (χ1) is 12.2. The van der Waals surface area contributed by atoms with Gasteiger partial charge in [0.05, 0.1) is 4.88 Å². The Morgan fingerprint density at radius 1 is 1.12 bits per heavy atom. The molecule has 0 radical (unpaired) electrons. The third-order valence-electron chi connectivity index (χ3n) is 4.83. The van der Waals surface area contributed by atoms with E-state index in [1.54, 1.807) is 11.3 Å². The number of carbonyl (C=O) groups excluding carboxylic acids is 1. The molecule has 0 spiro atoms. The first-order valence-electron chi connectivity index (χ1n) is 8.81. The summed E-state index contributed by atoms with van der Waals surface area (Å²) in [4.78, 5) is 17.0. The van der Waals surface area contributed by atoms with Crippen molar-refractivity contribution < 1.29 is 4.79 Å². The van der Waals surface area contributed by atoms with Gasteiger partial charge in [0, 0.05) is 17.3 Å². The Morgan fingerprint density at radius 2 is 1.88 bits per heavy atom. The minimum absolute atomic E-state index is 0.545. The van der Waals surface area contributed by atoms with Crippen molar-refractivity contribution in [3.8, 4) is 21.0 Å². The number of benzene rings is 2. The molecule has 3 heteroatoms. The lowest BCUT2D eigenvalue weighted by atomic mass is 10.0. The van der Waals surface area contributed by atoms with E-state index in [1.807, 2.05) is 18.3 Å². The minimum atomic E-state index is 0.545. The van der Waals surface area contributed by atoms with Crippen molar-refractivity contribution in [2.24, 2.45) is 0 Å². The molecule has 1 aromatic heterocycles. The van der Waals surface area contributed by atoms with Crippen LogP contribution in [0.4, 0.5) is 0 Å². The second-order valence-electron chi connectivity index (χ2n) is 7.05. The number of nitrogens with zero attached hydrogens (tertiary/aromatic N) is 1. The van der Waals surface area contributed by atoms with Crippen LogP contribution in [-0.4, -0.2) is 11.3 Å². The Bertz CT molecular complexity index is 904. The van der Waals surface area contributed by atoms with Crippen LogP contribution in [0.15, 0.2) is 48.7 Å². The number of carbonyl (C=O) groups is 1. The summed E-state index contributed by atoms with van der Waals surface area (Å²) in [7, 11) is 0. The van der Waals surface area contributed by atoms with Crippen molar-refractivity contribution in [3.63, 3.8) is 0 Å². The first-order valence-corrected chi connectivity index (χ1v) is 9.63. The highest BCUT2D eigenvalue weighted by Crippen LogP contribution is 2.46. The highest BCUT2D eigenvalue weighted by atomic mass is 32.1. The minimum Gasteiger partial charge on any atom is -0.298 e. The van der Waals surface area contributed by atoms with E-state index in [9.17, 15) is 4.79 Å². The molecule has 2 aromatic carbocycles. The number of aldehydes is 1. The van der Waals surface area contributed by atoms with Gasteiger partial charge in [-0.1, -0.05) is 50.2 Å². The highest BCUT2D eigenvalue weighted by molar-refractivity contribution is 7.18. The second-order valence-corrected chi connectivity index (χ2v) is 8.08. The second kappa shape index (κ2) is 6.57. The predicted molar refractivity (Wildman–Crippen MR) is 104 cm³/mol. The molecule has 1 saturated carbocycles. The molecule has 1 aliphatic carbocycles. The van der Waals surface area contributed by atoms with Gasteiger partial charge in [-0.3, -0.25) is 4.79 Å². The zero-order chi connectivity index (χ0) is 17.4. The van der Waals surface area contributed by atoms with Gasteiger partial charge in [0.1, 0.15) is 11.3 Å². The molecule has 3 aromatic rings. The van der Waals surface area contributed by atoms with Crippen molar-refractivity contribution in [3.05, 3.63) is 65.4 Å². The van der Waals surface area contributed by atoms with Crippen LogP contribution in [0, 0.1) is 0 Å². The topological polar surface area (TPSA) is 30.0 Å². The van der Waals surface area contributed by atoms with Crippen molar-refractivity contribution in [1.82, 2.24) is 4.98 Å². The van der Waals surface area contributed by atoms with E-state index in [0.29, 0.717) is 11.8 Å². The van der Waals surface area contributed by atoms with Gasteiger partial charge >= 0.3 is 0 Å². The van der Waals surface area contributed by atoms with Crippen LogP contribution in [0.2, 0.25) is 0 Å². The Labute approximate surface area is 152 Å². The molecule has 126 valence electrons. The van der Waals surface area contributed by atoms with E-state index in [2.05, 4.69) is 49.2 Å². The molecular formula is C22H21NOS. The van der Waals surface area contributed by atoms with E-state index < -0.39 is 0 Å². The molecule has 25 heavy (non-hydrogen) atoms. The van der Waals surface area contributed by atoms with Gasteiger partial charge in [-0.25, -0.2) is 4.98 Å². The maximum absolute atomic E-state index is 11.1. The van der Waals surface area contributed by atoms with Crippen molar-refractivity contribution >= 4 is 17.6 Å². The summed E-state index contributed by atoms with van der Waals surface area (Å²) in [5.41, 5.74) is 5.79. The first kappa shape index (κ1) is 16.2. The van der Waals surface area contributed by atoms with Crippen molar-refractivity contribution in [1.29, 1.82) is 0 Å². The Morgan fingerprint density at radius 3 is 2.52 bits per heavy atom. The van der Waals surface area contributed by atoms with Gasteiger partial charge < -0.3 is 0 Å². The van der Waals surface area contributed by atoms with Gasteiger partial charge in [-0.15, -0.1) is 11.3 Å². The van der Waals surface area contributed by atoms with Gasteiger partial charge in [-0.2, -0.15) is 0 Å². The number of thiazole rings is 1. The van der Waals surface area contributed by atoms with Crippen LogP contribution in [-0.2, 0) is 0 Å². The molecule has 2 nitrogen and oxygen atoms in total. The third kappa shape index (κ3) is 3.29. The number of hydrogen-bond acceptors (Lipinski definition) is 3. The van der Waals surface area contributed by atoms with Crippen molar-refractivity contribution in [2.45, 2.75) is 38.5 Å². The van der Waals surface area contributed by atoms with Gasteiger partial charge in [0.2, 0.25) is 0 Å². The average molecular weight is 347 g/mol. The van der Waals surface area contributed by atoms with Crippen LogP contribution in [0.5, 0.6) is 0 Å². The average Bonchev–Trinajstić information content (AvgIpc) is 3.38. The largest absolute Gasteiger partial charge is 0.298 e. The molecule has 0 aliphatic heterocycles. The zero-order valence-corrected chi connectivity index (χ0v) is 15.3. The number of aromatic nitrogens is 1. The van der Waals surface area contributed by atoms with E-state index in [1.165, 1.54) is 40.0 Å². The summed E-state index contributed by atoms with van der Waals surface area (Å²) < 4.78 is 0. The molecule has 0 atom stereocenters. The van der Waals surface area contributed by atoms with Crippen molar-refractivity contribution in [2.75, 3.05) is 0 Å². The smallest absolute Gasteiger partial charge is 0.150 e. The Kier molecular flexibility index (Phi) is 4.26. The summed E-state index contributed by atoms with van der Waals surface area (Å²) in [5.74, 6) is 1.14. The lowest BCUT2D eigenvalue weighted by Crippen LogP contribution is -1.90. The van der Waals surface area contributed by atoms with Gasteiger partial charge in [0.25, 0.3) is 0 Å². The number of rotatable bonds is 5. The van der Waals surface area contributed by atoms with Crippen LogP contribution in [0.1, 0.15) is 60.0 Å². The van der Waals surface area contributed by atoms with E-state index in [0.717, 1.165) is 16.9 Å². The van der Waals surface area contributed by atoms with Gasteiger partial charge in [-0.05, 0) is 47.4 Å². The fourth-order valence-electron chi connectivity index (χ4n) is 3.15. The predicted octanol–water partition coefficient (Wildman–Crippen LogP) is 6.29. The molecule has 0 bridgehead atoms. The lowest BCUT2D eigenvalue weighted by Gasteiger charge is -2.07. The summed E-state index contributed by atoms with van der Waals surface area (Å²) in [6, 6.07) is 14.8. The molecule has 4 rings (SSSR count). The van der Waals surface area contributed by atoms with E-state index >= 15 is 0 Å². The summed E-state index contributed by atoms with van der Waals surface area (Å²) in [6.45, 7) is 4.42. The molecule has 0 unspecified atom stereocenters. The zero-order valence-electron chi connectivity index (χ0n) is 14.5. The van der Waals surface area contributed by atoms with E-state index in [-0.39, 0.29) is 0 Å². The molecule has 0 N–H and O–H groups in total. The molecular weight excluding hydrogens is 326 g/mol.